The summed E-state index contributed by atoms with van der Waals surface area (Å²) < 4.78 is 0. The van der Waals surface area contributed by atoms with Gasteiger partial charge in [-0.2, -0.15) is 12.6 Å². The van der Waals surface area contributed by atoms with Crippen LogP contribution in [-0.2, 0) is 4.79 Å². The predicted octanol–water partition coefficient (Wildman–Crippen LogP) is -0.250. The number of aliphatic carboxylic acids is 1. The highest BCUT2D eigenvalue weighted by atomic mass is 32.1. The average Bonchev–Trinajstić information content (AvgIpc) is 2.44. The zero-order chi connectivity index (χ0) is 7.02. The van der Waals surface area contributed by atoms with Crippen molar-refractivity contribution >= 4 is 18.6 Å². The molecule has 0 spiro atoms. The summed E-state index contributed by atoms with van der Waals surface area (Å²) in [5.41, 5.74) is 0. The van der Waals surface area contributed by atoms with Crippen molar-refractivity contribution in [2.75, 3.05) is 0 Å². The second-order valence-electron chi connectivity index (χ2n) is 2.25. The highest BCUT2D eigenvalue weighted by Crippen LogP contribution is 2.35. The fourth-order valence-corrected chi connectivity index (χ4v) is 1.04. The van der Waals surface area contributed by atoms with Gasteiger partial charge in [-0.15, -0.1) is 0 Å². The van der Waals surface area contributed by atoms with E-state index in [0.29, 0.717) is 6.42 Å². The lowest BCUT2D eigenvalue weighted by molar-refractivity contribution is -0.136. The van der Waals surface area contributed by atoms with Gasteiger partial charge in [-0.1, -0.05) is 0 Å². The smallest absolute Gasteiger partial charge is 0.316 e. The molecule has 0 bridgehead atoms. The molecule has 1 fully saturated rings. The van der Waals surface area contributed by atoms with E-state index in [1.165, 1.54) is 0 Å². The molecule has 0 heterocycles. The number of carbonyl (C=O) groups is 1. The van der Waals surface area contributed by atoms with Crippen LogP contribution >= 0.6 is 12.6 Å². The van der Waals surface area contributed by atoms with Gasteiger partial charge in [0.2, 0.25) is 0 Å². The molecular weight excluding hydrogens is 140 g/mol. The van der Waals surface area contributed by atoms with Gasteiger partial charge < -0.3 is 10.2 Å². The number of hydrogen-bond acceptors (Lipinski definition) is 3. The van der Waals surface area contributed by atoms with Crippen LogP contribution in [-0.4, -0.2) is 27.5 Å². The fourth-order valence-electron chi connectivity index (χ4n) is 0.723. The zero-order valence-electron chi connectivity index (χ0n) is 4.69. The zero-order valence-corrected chi connectivity index (χ0v) is 5.58. The van der Waals surface area contributed by atoms with Crippen LogP contribution in [0.25, 0.3) is 0 Å². The minimum absolute atomic E-state index is 0.120. The topological polar surface area (TPSA) is 57.5 Å². The Bertz CT molecular complexity index is 136. The number of aliphatic hydroxyl groups excluding tert-OH is 1. The standard InChI is InChI=1S/C5H8O3S/c6-3-1-2(3)4(9)5(7)8/h2-4,6,9H,1H2,(H,7,8). The number of rotatable bonds is 2. The van der Waals surface area contributed by atoms with Crippen molar-refractivity contribution in [3.8, 4) is 0 Å². The molecule has 1 aliphatic carbocycles. The van der Waals surface area contributed by atoms with Gasteiger partial charge in [0.25, 0.3) is 0 Å². The molecule has 3 nitrogen and oxygen atoms in total. The maximum Gasteiger partial charge on any atom is 0.316 e. The van der Waals surface area contributed by atoms with Crippen LogP contribution in [0.2, 0.25) is 0 Å². The van der Waals surface area contributed by atoms with Gasteiger partial charge >= 0.3 is 5.97 Å². The Morgan fingerprint density at radius 3 is 2.33 bits per heavy atom. The van der Waals surface area contributed by atoms with Crippen LogP contribution in [0.15, 0.2) is 0 Å². The Labute approximate surface area is 58.1 Å². The minimum Gasteiger partial charge on any atom is -0.480 e. The van der Waals surface area contributed by atoms with Gasteiger partial charge in [-0.25, -0.2) is 0 Å². The lowest BCUT2D eigenvalue weighted by Gasteiger charge is -1.99. The summed E-state index contributed by atoms with van der Waals surface area (Å²) >= 11 is 3.78. The van der Waals surface area contributed by atoms with E-state index in [1.807, 2.05) is 0 Å². The first-order chi connectivity index (χ1) is 4.13. The van der Waals surface area contributed by atoms with E-state index in [-0.39, 0.29) is 5.92 Å². The molecule has 52 valence electrons. The molecule has 1 aliphatic rings. The number of carboxylic acid groups (broad SMARTS) is 1. The normalized spacial score (nSPS) is 35.8. The molecule has 0 aromatic rings. The van der Waals surface area contributed by atoms with Crippen molar-refractivity contribution in [1.29, 1.82) is 0 Å². The molecule has 0 aliphatic heterocycles. The fraction of sp³-hybridized carbons (Fsp3) is 0.800. The molecule has 0 radical (unpaired) electrons. The molecule has 0 aromatic carbocycles. The molecule has 3 unspecified atom stereocenters. The van der Waals surface area contributed by atoms with E-state index in [0.717, 1.165) is 0 Å². The summed E-state index contributed by atoms with van der Waals surface area (Å²) in [7, 11) is 0. The Morgan fingerprint density at radius 2 is 2.22 bits per heavy atom. The number of aliphatic hydroxyl groups is 1. The van der Waals surface area contributed by atoms with Crippen LogP contribution in [0.5, 0.6) is 0 Å². The number of thiol groups is 1. The maximum absolute atomic E-state index is 10.1. The highest BCUT2D eigenvalue weighted by molar-refractivity contribution is 7.81. The minimum atomic E-state index is -0.945. The van der Waals surface area contributed by atoms with Crippen molar-refractivity contribution < 1.29 is 15.0 Å². The summed E-state index contributed by atoms with van der Waals surface area (Å²) in [6, 6.07) is 0. The van der Waals surface area contributed by atoms with E-state index in [9.17, 15) is 4.79 Å². The molecule has 1 saturated carbocycles. The second-order valence-corrected chi connectivity index (χ2v) is 2.81. The SMILES string of the molecule is O=C(O)C(S)C1CC1O. The van der Waals surface area contributed by atoms with E-state index in [1.54, 1.807) is 0 Å². The first-order valence-electron chi connectivity index (χ1n) is 2.72. The predicted molar refractivity (Wildman–Crippen MR) is 34.5 cm³/mol. The Hall–Kier alpha value is -0.220. The van der Waals surface area contributed by atoms with Crippen LogP contribution in [0.3, 0.4) is 0 Å². The third-order valence-corrected chi connectivity index (χ3v) is 2.07. The molecule has 2 N–H and O–H groups in total. The number of carboxylic acids is 1. The summed E-state index contributed by atoms with van der Waals surface area (Å²) in [5.74, 6) is -1.06. The largest absolute Gasteiger partial charge is 0.480 e. The van der Waals surface area contributed by atoms with Gasteiger partial charge in [0.15, 0.2) is 0 Å². The molecule has 1 rings (SSSR count). The average molecular weight is 148 g/mol. The third-order valence-electron chi connectivity index (χ3n) is 1.46. The van der Waals surface area contributed by atoms with Crippen molar-refractivity contribution in [1.82, 2.24) is 0 Å². The molecule has 0 saturated heterocycles. The molecule has 4 heteroatoms. The van der Waals surface area contributed by atoms with Crippen molar-refractivity contribution in [3.05, 3.63) is 0 Å². The molecule has 9 heavy (non-hydrogen) atoms. The van der Waals surface area contributed by atoms with Crippen LogP contribution in [0.1, 0.15) is 6.42 Å². The highest BCUT2D eigenvalue weighted by Gasteiger charge is 2.43. The number of hydrogen-bond donors (Lipinski definition) is 3. The van der Waals surface area contributed by atoms with Crippen molar-refractivity contribution in [2.45, 2.75) is 17.8 Å². The quantitative estimate of drug-likeness (QED) is 0.473. The summed E-state index contributed by atoms with van der Waals surface area (Å²) in [6.45, 7) is 0. The lowest BCUT2D eigenvalue weighted by Crippen LogP contribution is -2.17. The summed E-state index contributed by atoms with van der Waals surface area (Å²) in [6.07, 6.45) is 0.157. The molecule has 0 amide bonds. The Morgan fingerprint density at radius 1 is 1.78 bits per heavy atom. The summed E-state index contributed by atoms with van der Waals surface area (Å²) in [4.78, 5) is 10.1. The van der Waals surface area contributed by atoms with E-state index in [4.69, 9.17) is 10.2 Å². The van der Waals surface area contributed by atoms with Gasteiger partial charge in [0.1, 0.15) is 5.25 Å². The van der Waals surface area contributed by atoms with Gasteiger partial charge in [0.05, 0.1) is 6.10 Å². The van der Waals surface area contributed by atoms with Crippen LogP contribution in [0, 0.1) is 5.92 Å². The van der Waals surface area contributed by atoms with Crippen molar-refractivity contribution in [2.24, 2.45) is 5.92 Å². The molecular formula is C5H8O3S. The Kier molecular flexibility index (Phi) is 1.68. The second kappa shape index (κ2) is 2.19. The van der Waals surface area contributed by atoms with Gasteiger partial charge in [-0.3, -0.25) is 4.79 Å². The lowest BCUT2D eigenvalue weighted by atomic mass is 10.3. The van der Waals surface area contributed by atoms with Gasteiger partial charge in [-0.05, 0) is 6.42 Å². The first-order valence-corrected chi connectivity index (χ1v) is 3.23. The molecule has 0 aromatic heterocycles. The third kappa shape index (κ3) is 1.37. The van der Waals surface area contributed by atoms with Crippen LogP contribution in [0.4, 0.5) is 0 Å². The maximum atomic E-state index is 10.1. The monoisotopic (exact) mass is 148 g/mol. The van der Waals surface area contributed by atoms with Crippen molar-refractivity contribution in [3.63, 3.8) is 0 Å². The van der Waals surface area contributed by atoms with Gasteiger partial charge in [0, 0.05) is 5.92 Å². The van der Waals surface area contributed by atoms with Crippen LogP contribution < -0.4 is 0 Å². The first kappa shape index (κ1) is 6.89. The molecule has 3 atom stereocenters. The van der Waals surface area contributed by atoms with E-state index < -0.39 is 17.3 Å². The van der Waals surface area contributed by atoms with E-state index >= 15 is 0 Å². The Balaban J connectivity index is 2.36. The van der Waals surface area contributed by atoms with E-state index in [2.05, 4.69) is 12.6 Å². The summed E-state index contributed by atoms with van der Waals surface area (Å²) in [5, 5.41) is 16.4.